The maximum absolute atomic E-state index is 12.7. The molecule has 0 aliphatic carbocycles. The van der Waals surface area contributed by atoms with Crippen LogP contribution in [0.4, 0.5) is 10.5 Å². The molecule has 2 aliphatic rings. The Bertz CT molecular complexity index is 826. The number of nitrogens with one attached hydrogen (secondary N) is 1. The number of amides is 2. The van der Waals surface area contributed by atoms with Crippen LogP contribution in [0.25, 0.3) is 0 Å². The molecule has 6 heteroatoms. The molecule has 2 unspecified atom stereocenters. The minimum Gasteiger partial charge on any atom is -0.495 e. The van der Waals surface area contributed by atoms with Crippen LogP contribution in [-0.2, 0) is 0 Å². The van der Waals surface area contributed by atoms with E-state index in [0.717, 1.165) is 11.3 Å². The SMILES string of the molecule is COc1ccc(N2C(=O)NC3CC2(C)Oc2ccccc23)cc1Cl. The van der Waals surface area contributed by atoms with Crippen LogP contribution < -0.4 is 19.7 Å². The molecule has 5 nitrogen and oxygen atoms in total. The van der Waals surface area contributed by atoms with Gasteiger partial charge in [-0.2, -0.15) is 0 Å². The normalized spacial score (nSPS) is 24.7. The zero-order valence-corrected chi connectivity index (χ0v) is 14.1. The minimum absolute atomic E-state index is 0.0579. The average molecular weight is 345 g/mol. The second-order valence-corrected chi connectivity index (χ2v) is 6.58. The van der Waals surface area contributed by atoms with Crippen molar-refractivity contribution in [2.75, 3.05) is 12.0 Å². The molecule has 2 aliphatic heterocycles. The molecule has 1 N–H and O–H groups in total. The highest BCUT2D eigenvalue weighted by Crippen LogP contribution is 2.46. The summed E-state index contributed by atoms with van der Waals surface area (Å²) >= 11 is 6.23. The summed E-state index contributed by atoms with van der Waals surface area (Å²) in [5.41, 5.74) is 0.897. The molecule has 2 amide bonds. The average Bonchev–Trinajstić information content (AvgIpc) is 2.54. The molecule has 0 aromatic heterocycles. The monoisotopic (exact) mass is 344 g/mol. The van der Waals surface area contributed by atoms with Crippen LogP contribution in [0.1, 0.15) is 24.9 Å². The summed E-state index contributed by atoms with van der Waals surface area (Å²) in [7, 11) is 1.56. The van der Waals surface area contributed by atoms with Gasteiger partial charge in [-0.15, -0.1) is 0 Å². The van der Waals surface area contributed by atoms with Crippen molar-refractivity contribution < 1.29 is 14.3 Å². The van der Waals surface area contributed by atoms with Gasteiger partial charge in [-0.05, 0) is 31.2 Å². The van der Waals surface area contributed by atoms with E-state index in [9.17, 15) is 4.79 Å². The van der Waals surface area contributed by atoms with Crippen LogP contribution >= 0.6 is 11.6 Å². The van der Waals surface area contributed by atoms with Crippen molar-refractivity contribution in [1.29, 1.82) is 0 Å². The van der Waals surface area contributed by atoms with Crippen LogP contribution in [0.15, 0.2) is 42.5 Å². The summed E-state index contributed by atoms with van der Waals surface area (Å²) in [6, 6.07) is 12.8. The maximum atomic E-state index is 12.7. The number of hydrogen-bond donors (Lipinski definition) is 1. The predicted octanol–water partition coefficient (Wildman–Crippen LogP) is 4.12. The second kappa shape index (κ2) is 5.31. The summed E-state index contributed by atoms with van der Waals surface area (Å²) < 4.78 is 11.4. The Balaban J connectivity index is 1.78. The lowest BCUT2D eigenvalue weighted by Crippen LogP contribution is -2.65. The van der Waals surface area contributed by atoms with Crippen molar-refractivity contribution in [3.8, 4) is 11.5 Å². The molecule has 0 radical (unpaired) electrons. The lowest BCUT2D eigenvalue weighted by molar-refractivity contribution is 0.0379. The smallest absolute Gasteiger partial charge is 0.325 e. The third-order valence-electron chi connectivity index (χ3n) is 4.57. The molecule has 124 valence electrons. The standard InChI is InChI=1S/C18H17ClN2O3/c1-18-10-14(12-5-3-4-6-15(12)24-18)20-17(22)21(18)11-7-8-16(23-2)13(19)9-11/h3-9,14H,10H2,1-2H3,(H,20,22). The van der Waals surface area contributed by atoms with Gasteiger partial charge in [0.1, 0.15) is 11.5 Å². The first kappa shape index (κ1) is 15.1. The van der Waals surface area contributed by atoms with Gasteiger partial charge in [-0.25, -0.2) is 4.79 Å². The molecule has 1 saturated heterocycles. The number of carbonyl (C=O) groups excluding carboxylic acids is 1. The summed E-state index contributed by atoms with van der Waals surface area (Å²) in [4.78, 5) is 14.4. The van der Waals surface area contributed by atoms with Gasteiger partial charge in [0.2, 0.25) is 0 Å². The largest absolute Gasteiger partial charge is 0.495 e. The van der Waals surface area contributed by atoms with Gasteiger partial charge >= 0.3 is 6.03 Å². The topological polar surface area (TPSA) is 50.8 Å². The number of benzene rings is 2. The van der Waals surface area contributed by atoms with Gasteiger partial charge in [0.05, 0.1) is 23.9 Å². The molecular formula is C18H17ClN2O3. The van der Waals surface area contributed by atoms with E-state index in [1.807, 2.05) is 31.2 Å². The highest BCUT2D eigenvalue weighted by molar-refractivity contribution is 6.32. The number of rotatable bonds is 2. The number of halogens is 1. The van der Waals surface area contributed by atoms with E-state index in [1.54, 1.807) is 30.2 Å². The van der Waals surface area contributed by atoms with Gasteiger partial charge in [0.25, 0.3) is 0 Å². The van der Waals surface area contributed by atoms with E-state index in [2.05, 4.69) is 5.32 Å². The van der Waals surface area contributed by atoms with E-state index in [1.165, 1.54) is 0 Å². The number of anilines is 1. The number of nitrogens with zero attached hydrogens (tertiary/aromatic N) is 1. The molecule has 4 rings (SSSR count). The van der Waals surface area contributed by atoms with Crippen LogP contribution in [0.5, 0.6) is 11.5 Å². The van der Waals surface area contributed by atoms with E-state index in [4.69, 9.17) is 21.1 Å². The first-order valence-electron chi connectivity index (χ1n) is 7.74. The number of methoxy groups -OCH3 is 1. The fraction of sp³-hybridized carbons (Fsp3) is 0.278. The third kappa shape index (κ3) is 2.19. The molecule has 0 spiro atoms. The van der Waals surface area contributed by atoms with Crippen LogP contribution in [-0.4, -0.2) is 18.9 Å². The van der Waals surface area contributed by atoms with Crippen LogP contribution in [0.2, 0.25) is 5.02 Å². The Hall–Kier alpha value is -2.40. The Labute approximate surface area is 145 Å². The molecule has 2 heterocycles. The van der Waals surface area contributed by atoms with Gasteiger partial charge < -0.3 is 14.8 Å². The van der Waals surface area contributed by atoms with E-state index in [-0.39, 0.29) is 12.1 Å². The number of urea groups is 1. The molecule has 0 saturated carbocycles. The zero-order chi connectivity index (χ0) is 16.9. The zero-order valence-electron chi connectivity index (χ0n) is 13.4. The lowest BCUT2D eigenvalue weighted by atomic mass is 9.90. The molecule has 1 fully saturated rings. The molecule has 2 atom stereocenters. The fourth-order valence-electron chi connectivity index (χ4n) is 3.51. The predicted molar refractivity (Wildman–Crippen MR) is 91.8 cm³/mol. The first-order chi connectivity index (χ1) is 11.5. The van der Waals surface area contributed by atoms with Gasteiger partial charge in [-0.1, -0.05) is 29.8 Å². The summed E-state index contributed by atoms with van der Waals surface area (Å²) in [6.45, 7) is 1.92. The maximum Gasteiger partial charge on any atom is 0.325 e. The number of para-hydroxylation sites is 1. The van der Waals surface area contributed by atoms with Crippen molar-refractivity contribution in [3.63, 3.8) is 0 Å². The van der Waals surface area contributed by atoms with Crippen molar-refractivity contribution in [3.05, 3.63) is 53.1 Å². The fourth-order valence-corrected chi connectivity index (χ4v) is 3.76. The van der Waals surface area contributed by atoms with E-state index < -0.39 is 5.72 Å². The quantitative estimate of drug-likeness (QED) is 0.891. The number of fused-ring (bicyclic) bond motifs is 4. The number of ether oxygens (including phenoxy) is 2. The number of hydrogen-bond acceptors (Lipinski definition) is 3. The van der Waals surface area contributed by atoms with Gasteiger partial charge in [0.15, 0.2) is 5.72 Å². The Morgan fingerprint density at radius 2 is 2.12 bits per heavy atom. The molecule has 2 aromatic carbocycles. The van der Waals surface area contributed by atoms with Crippen LogP contribution in [0.3, 0.4) is 0 Å². The van der Waals surface area contributed by atoms with Crippen molar-refractivity contribution in [2.45, 2.75) is 25.1 Å². The molecule has 2 aromatic rings. The molecule has 2 bridgehead atoms. The summed E-state index contributed by atoms with van der Waals surface area (Å²) in [5, 5.41) is 3.51. The van der Waals surface area contributed by atoms with Crippen LogP contribution in [0, 0.1) is 0 Å². The summed E-state index contributed by atoms with van der Waals surface area (Å²) in [5.74, 6) is 1.36. The van der Waals surface area contributed by atoms with Crippen molar-refractivity contribution in [1.82, 2.24) is 5.32 Å². The lowest BCUT2D eigenvalue weighted by Gasteiger charge is -2.50. The first-order valence-corrected chi connectivity index (χ1v) is 8.12. The summed E-state index contributed by atoms with van der Waals surface area (Å²) in [6.07, 6.45) is 0.652. The third-order valence-corrected chi connectivity index (χ3v) is 4.87. The van der Waals surface area contributed by atoms with Crippen molar-refractivity contribution in [2.24, 2.45) is 0 Å². The van der Waals surface area contributed by atoms with Crippen molar-refractivity contribution >= 4 is 23.3 Å². The molecular weight excluding hydrogens is 328 g/mol. The van der Waals surface area contributed by atoms with E-state index >= 15 is 0 Å². The highest BCUT2D eigenvalue weighted by atomic mass is 35.5. The number of carbonyl (C=O) groups is 1. The Kier molecular flexibility index (Phi) is 3.35. The van der Waals surface area contributed by atoms with Gasteiger partial charge in [0, 0.05) is 12.0 Å². The Morgan fingerprint density at radius 3 is 2.88 bits per heavy atom. The Morgan fingerprint density at radius 1 is 1.33 bits per heavy atom. The minimum atomic E-state index is -0.779. The molecule has 24 heavy (non-hydrogen) atoms. The second-order valence-electron chi connectivity index (χ2n) is 6.18. The van der Waals surface area contributed by atoms with E-state index in [0.29, 0.717) is 22.9 Å². The highest BCUT2D eigenvalue weighted by Gasteiger charge is 2.49. The van der Waals surface area contributed by atoms with Gasteiger partial charge in [-0.3, -0.25) is 4.90 Å².